The number of hydrogen-bond donors (Lipinski definition) is 0. The van der Waals surface area contributed by atoms with E-state index >= 15 is 0 Å². The Morgan fingerprint density at radius 3 is 1.95 bits per heavy atom. The molecule has 0 radical (unpaired) electrons. The topological polar surface area (TPSA) is 30.2 Å². The molecule has 5 heteroatoms. The van der Waals surface area contributed by atoms with Gasteiger partial charge in [0.2, 0.25) is 5.62 Å². The van der Waals surface area contributed by atoms with E-state index < -0.39 is 6.19 Å². The molecule has 3 aromatic rings. The molecule has 0 bridgehead atoms. The van der Waals surface area contributed by atoms with Crippen LogP contribution in [0.5, 0.6) is 0 Å². The van der Waals surface area contributed by atoms with Gasteiger partial charge in [-0.15, -0.1) is 0 Å². The number of rotatable bonds is 3. The van der Waals surface area contributed by atoms with Crippen LogP contribution in [0, 0.1) is 0 Å². The molecular formula is C17H16N3PS. The van der Waals surface area contributed by atoms with Crippen molar-refractivity contribution < 1.29 is 0 Å². The summed E-state index contributed by atoms with van der Waals surface area (Å²) in [6, 6.07) is 22.1. The van der Waals surface area contributed by atoms with Gasteiger partial charge in [0.15, 0.2) is 0 Å². The Labute approximate surface area is 135 Å². The monoisotopic (exact) mass is 325 g/mol. The van der Waals surface area contributed by atoms with E-state index in [0.717, 1.165) is 10.6 Å². The first-order valence-corrected chi connectivity index (χ1v) is 9.71. The number of aromatic nitrogens is 2. The fourth-order valence-corrected chi connectivity index (χ4v) is 5.26. The standard InChI is InChI=1S/C17H16N3PS/c1-20-14-8-13-18-17(20)19-21(22,15-9-4-2-5-10-15)16-11-6-3-7-12-16/h2-14H,1H3/b19-17+. The SMILES string of the molecule is Cn1cccn/c1=N\P(=S)(c1ccccc1)c1ccccc1. The summed E-state index contributed by atoms with van der Waals surface area (Å²) in [5, 5.41) is 2.14. The molecule has 0 aliphatic rings. The van der Waals surface area contributed by atoms with Crippen molar-refractivity contribution in [1.82, 2.24) is 9.55 Å². The van der Waals surface area contributed by atoms with Crippen LogP contribution >= 0.6 is 6.19 Å². The summed E-state index contributed by atoms with van der Waals surface area (Å²) in [4.78, 5) is 4.37. The van der Waals surface area contributed by atoms with Crippen LogP contribution in [0.3, 0.4) is 0 Å². The van der Waals surface area contributed by atoms with Crippen molar-refractivity contribution >= 4 is 28.6 Å². The Kier molecular flexibility index (Phi) is 4.32. The maximum absolute atomic E-state index is 6.07. The second-order valence-corrected chi connectivity index (χ2v) is 8.85. The van der Waals surface area contributed by atoms with E-state index in [2.05, 4.69) is 29.2 Å². The van der Waals surface area contributed by atoms with Gasteiger partial charge >= 0.3 is 0 Å². The van der Waals surface area contributed by atoms with Crippen LogP contribution in [-0.4, -0.2) is 9.55 Å². The van der Waals surface area contributed by atoms with Crippen molar-refractivity contribution in [2.24, 2.45) is 11.8 Å². The molecule has 0 saturated heterocycles. The first-order chi connectivity index (χ1) is 10.7. The van der Waals surface area contributed by atoms with E-state index in [4.69, 9.17) is 16.6 Å². The number of aryl methyl sites for hydroxylation is 1. The van der Waals surface area contributed by atoms with Crippen LogP contribution in [0.2, 0.25) is 0 Å². The van der Waals surface area contributed by atoms with Gasteiger partial charge in [0.1, 0.15) is 6.19 Å². The van der Waals surface area contributed by atoms with Crippen LogP contribution in [-0.2, 0) is 18.9 Å². The van der Waals surface area contributed by atoms with Crippen molar-refractivity contribution in [1.29, 1.82) is 0 Å². The molecule has 22 heavy (non-hydrogen) atoms. The minimum atomic E-state index is -2.30. The third-order valence-electron chi connectivity index (χ3n) is 3.34. The third kappa shape index (κ3) is 2.94. The second-order valence-electron chi connectivity index (χ2n) is 4.88. The quantitative estimate of drug-likeness (QED) is 0.692. The summed E-state index contributed by atoms with van der Waals surface area (Å²) in [6.07, 6.45) is 1.38. The van der Waals surface area contributed by atoms with Crippen LogP contribution in [0.25, 0.3) is 0 Å². The number of benzene rings is 2. The lowest BCUT2D eigenvalue weighted by Gasteiger charge is -2.18. The van der Waals surface area contributed by atoms with Crippen LogP contribution in [0.15, 0.2) is 83.9 Å². The normalized spacial score (nSPS) is 12.3. The highest BCUT2D eigenvalue weighted by atomic mass is 32.4. The summed E-state index contributed by atoms with van der Waals surface area (Å²) >= 11 is 6.07. The minimum Gasteiger partial charge on any atom is -0.320 e. The van der Waals surface area contributed by atoms with E-state index in [1.807, 2.05) is 60.3 Å². The van der Waals surface area contributed by atoms with Gasteiger partial charge in [0.05, 0.1) is 0 Å². The van der Waals surface area contributed by atoms with Crippen molar-refractivity contribution in [3.05, 3.63) is 84.7 Å². The van der Waals surface area contributed by atoms with Crippen molar-refractivity contribution in [3.63, 3.8) is 0 Å². The van der Waals surface area contributed by atoms with Crippen LogP contribution in [0.4, 0.5) is 0 Å². The molecule has 0 unspecified atom stereocenters. The molecular weight excluding hydrogens is 309 g/mol. The number of hydrogen-bond acceptors (Lipinski definition) is 2. The molecule has 0 spiro atoms. The fourth-order valence-electron chi connectivity index (χ4n) is 2.18. The van der Waals surface area contributed by atoms with Crippen LogP contribution in [0.1, 0.15) is 0 Å². The van der Waals surface area contributed by atoms with E-state index in [-0.39, 0.29) is 0 Å². The van der Waals surface area contributed by atoms with Gasteiger partial charge in [-0.25, -0.2) is 9.75 Å². The zero-order valence-corrected chi connectivity index (χ0v) is 13.9. The summed E-state index contributed by atoms with van der Waals surface area (Å²) in [5.74, 6) is 0. The number of nitrogens with zero attached hydrogens (tertiary/aromatic N) is 3. The molecule has 3 nitrogen and oxygen atoms in total. The van der Waals surface area contributed by atoms with Crippen molar-refractivity contribution in [2.75, 3.05) is 0 Å². The van der Waals surface area contributed by atoms with E-state index in [9.17, 15) is 0 Å². The zero-order valence-electron chi connectivity index (χ0n) is 12.2. The first kappa shape index (κ1) is 14.9. The predicted molar refractivity (Wildman–Crippen MR) is 95.2 cm³/mol. The van der Waals surface area contributed by atoms with E-state index in [1.165, 1.54) is 0 Å². The molecule has 0 aliphatic heterocycles. The van der Waals surface area contributed by atoms with Crippen LogP contribution < -0.4 is 16.2 Å². The molecule has 0 saturated carbocycles. The summed E-state index contributed by atoms with van der Waals surface area (Å²) in [7, 11) is 1.93. The molecule has 110 valence electrons. The minimum absolute atomic E-state index is 0.651. The molecule has 2 aromatic carbocycles. The Morgan fingerprint density at radius 2 is 1.45 bits per heavy atom. The molecule has 3 rings (SSSR count). The predicted octanol–water partition coefficient (Wildman–Crippen LogP) is 2.37. The molecule has 1 aromatic heterocycles. The maximum Gasteiger partial charge on any atom is 0.229 e. The van der Waals surface area contributed by atoms with Gasteiger partial charge in [0.25, 0.3) is 0 Å². The van der Waals surface area contributed by atoms with Gasteiger partial charge < -0.3 is 4.57 Å². The fraction of sp³-hybridized carbons (Fsp3) is 0.0588. The Morgan fingerprint density at radius 1 is 0.909 bits per heavy atom. The molecule has 0 fully saturated rings. The maximum atomic E-state index is 6.07. The summed E-state index contributed by atoms with van der Waals surface area (Å²) in [5.41, 5.74) is 0.651. The second kappa shape index (κ2) is 6.39. The highest BCUT2D eigenvalue weighted by molar-refractivity contribution is 8.21. The van der Waals surface area contributed by atoms with Gasteiger partial charge in [-0.05, 0) is 6.07 Å². The largest absolute Gasteiger partial charge is 0.320 e. The van der Waals surface area contributed by atoms with E-state index in [1.54, 1.807) is 6.20 Å². The molecule has 0 N–H and O–H groups in total. The molecule has 0 amide bonds. The lowest BCUT2D eigenvalue weighted by atomic mass is 10.4. The van der Waals surface area contributed by atoms with Gasteiger partial charge in [-0.2, -0.15) is 0 Å². The highest BCUT2D eigenvalue weighted by Gasteiger charge is 2.21. The average molecular weight is 325 g/mol. The molecule has 0 aliphatic carbocycles. The highest BCUT2D eigenvalue weighted by Crippen LogP contribution is 2.44. The lowest BCUT2D eigenvalue weighted by molar-refractivity contribution is 0.790. The van der Waals surface area contributed by atoms with Gasteiger partial charge in [0, 0.05) is 30.1 Å². The summed E-state index contributed by atoms with van der Waals surface area (Å²) < 4.78 is 6.80. The molecule has 0 atom stereocenters. The van der Waals surface area contributed by atoms with Gasteiger partial charge in [-0.3, -0.25) is 0 Å². The third-order valence-corrected chi connectivity index (χ3v) is 7.31. The summed E-state index contributed by atoms with van der Waals surface area (Å²) in [6.45, 7) is 0. The molecule has 1 heterocycles. The Bertz CT molecular complexity index is 829. The smallest absolute Gasteiger partial charge is 0.229 e. The Hall–Kier alpha value is -2.03. The average Bonchev–Trinajstić information content (AvgIpc) is 2.58. The lowest BCUT2D eigenvalue weighted by Crippen LogP contribution is -2.24. The van der Waals surface area contributed by atoms with Crippen molar-refractivity contribution in [3.8, 4) is 0 Å². The van der Waals surface area contributed by atoms with E-state index in [0.29, 0.717) is 5.62 Å². The zero-order chi connectivity index (χ0) is 15.4. The van der Waals surface area contributed by atoms with Crippen molar-refractivity contribution in [2.45, 2.75) is 0 Å². The first-order valence-electron chi connectivity index (χ1n) is 6.95. The van der Waals surface area contributed by atoms with Gasteiger partial charge in [-0.1, -0.05) is 72.5 Å². The Balaban J connectivity index is 2.28.